The summed E-state index contributed by atoms with van der Waals surface area (Å²) < 4.78 is 14.1. The highest BCUT2D eigenvalue weighted by molar-refractivity contribution is 5.79. The summed E-state index contributed by atoms with van der Waals surface area (Å²) in [5.41, 5.74) is 8.05. The number of carbonyl (C=O) groups is 1. The molecule has 2 aliphatic rings. The van der Waals surface area contributed by atoms with Crippen LogP contribution in [0.15, 0.2) is 12.1 Å². The van der Waals surface area contributed by atoms with Crippen molar-refractivity contribution in [1.29, 1.82) is 0 Å². The summed E-state index contributed by atoms with van der Waals surface area (Å²) in [7, 11) is 0. The van der Waals surface area contributed by atoms with E-state index in [0.29, 0.717) is 23.7 Å². The highest BCUT2D eigenvalue weighted by atomic mass is 19.1. The predicted octanol–water partition coefficient (Wildman–Crippen LogP) is 2.94. The lowest BCUT2D eigenvalue weighted by molar-refractivity contribution is -0.140. The average Bonchev–Trinajstić information content (AvgIpc) is 3.09. The van der Waals surface area contributed by atoms with E-state index in [4.69, 9.17) is 5.73 Å². The van der Waals surface area contributed by atoms with Crippen LogP contribution in [0.4, 0.5) is 10.1 Å². The van der Waals surface area contributed by atoms with Crippen LogP contribution in [-0.2, 0) is 11.3 Å². The molecule has 1 amide bonds. The smallest absolute Gasteiger partial charge is 0.226 e. The largest absolute Gasteiger partial charge is 0.399 e. The minimum Gasteiger partial charge on any atom is -0.399 e. The van der Waals surface area contributed by atoms with Crippen molar-refractivity contribution in [3.63, 3.8) is 0 Å². The van der Waals surface area contributed by atoms with Gasteiger partial charge in [0.15, 0.2) is 0 Å². The first-order valence-electron chi connectivity index (χ1n) is 9.03. The Labute approximate surface area is 143 Å². The van der Waals surface area contributed by atoms with Crippen LogP contribution in [-0.4, -0.2) is 41.4 Å². The molecule has 2 N–H and O–H groups in total. The number of piperazine rings is 1. The van der Waals surface area contributed by atoms with Crippen LogP contribution in [0, 0.1) is 18.7 Å². The maximum atomic E-state index is 14.1. The molecule has 0 radical (unpaired) electrons. The Bertz CT molecular complexity index is 613. The van der Waals surface area contributed by atoms with E-state index < -0.39 is 0 Å². The monoisotopic (exact) mass is 333 g/mol. The number of anilines is 1. The summed E-state index contributed by atoms with van der Waals surface area (Å²) >= 11 is 0. The topological polar surface area (TPSA) is 49.6 Å². The third-order valence-corrected chi connectivity index (χ3v) is 5.66. The van der Waals surface area contributed by atoms with E-state index in [9.17, 15) is 9.18 Å². The molecule has 4 nitrogen and oxygen atoms in total. The SMILES string of the molecule is Cc1c(N)ccc(F)c1CN1CCN(C(=O)C2CCCC2)[C@@H](C)C1. The van der Waals surface area contributed by atoms with Crippen molar-refractivity contribution in [1.82, 2.24) is 9.80 Å². The lowest BCUT2D eigenvalue weighted by atomic mass is 10.0. The fourth-order valence-corrected chi connectivity index (χ4v) is 4.07. The zero-order chi connectivity index (χ0) is 17.3. The number of amides is 1. The number of benzene rings is 1. The normalized spacial score (nSPS) is 23.0. The quantitative estimate of drug-likeness (QED) is 0.865. The van der Waals surface area contributed by atoms with Crippen molar-refractivity contribution < 1.29 is 9.18 Å². The van der Waals surface area contributed by atoms with Gasteiger partial charge in [-0.15, -0.1) is 0 Å². The van der Waals surface area contributed by atoms with Crippen LogP contribution < -0.4 is 5.73 Å². The van der Waals surface area contributed by atoms with E-state index in [2.05, 4.69) is 11.8 Å². The fraction of sp³-hybridized carbons (Fsp3) is 0.632. The van der Waals surface area contributed by atoms with Crippen molar-refractivity contribution in [2.24, 2.45) is 5.92 Å². The molecule has 1 atom stereocenters. The fourth-order valence-electron chi connectivity index (χ4n) is 4.07. The summed E-state index contributed by atoms with van der Waals surface area (Å²) in [4.78, 5) is 16.9. The molecular weight excluding hydrogens is 305 g/mol. The number of nitrogens with two attached hydrogens (primary N) is 1. The molecule has 1 aliphatic carbocycles. The van der Waals surface area contributed by atoms with E-state index >= 15 is 0 Å². The van der Waals surface area contributed by atoms with Gasteiger partial charge in [0, 0.05) is 49.4 Å². The van der Waals surface area contributed by atoms with Crippen molar-refractivity contribution in [3.05, 3.63) is 29.1 Å². The second-order valence-electron chi connectivity index (χ2n) is 7.34. The van der Waals surface area contributed by atoms with Gasteiger partial charge in [0.1, 0.15) is 5.82 Å². The molecule has 1 aromatic carbocycles. The maximum Gasteiger partial charge on any atom is 0.226 e. The van der Waals surface area contributed by atoms with E-state index in [-0.39, 0.29) is 17.8 Å². The van der Waals surface area contributed by atoms with E-state index in [1.165, 1.54) is 18.9 Å². The van der Waals surface area contributed by atoms with Crippen molar-refractivity contribution >= 4 is 11.6 Å². The van der Waals surface area contributed by atoms with Gasteiger partial charge in [0.05, 0.1) is 0 Å². The lowest BCUT2D eigenvalue weighted by Gasteiger charge is -2.41. The summed E-state index contributed by atoms with van der Waals surface area (Å²) in [6, 6.07) is 3.24. The van der Waals surface area contributed by atoms with Crippen LogP contribution in [0.25, 0.3) is 0 Å². The molecule has 1 saturated heterocycles. The van der Waals surface area contributed by atoms with Crippen LogP contribution >= 0.6 is 0 Å². The average molecular weight is 333 g/mol. The Balaban J connectivity index is 1.63. The molecule has 0 unspecified atom stereocenters. The van der Waals surface area contributed by atoms with Gasteiger partial charge >= 0.3 is 0 Å². The van der Waals surface area contributed by atoms with Gasteiger partial charge in [-0.3, -0.25) is 9.69 Å². The van der Waals surface area contributed by atoms with E-state index in [1.54, 1.807) is 6.07 Å². The zero-order valence-electron chi connectivity index (χ0n) is 14.7. The van der Waals surface area contributed by atoms with Crippen LogP contribution in [0.1, 0.15) is 43.7 Å². The molecule has 0 bridgehead atoms. The molecule has 3 rings (SSSR count). The molecule has 2 fully saturated rings. The van der Waals surface area contributed by atoms with Gasteiger partial charge in [-0.1, -0.05) is 12.8 Å². The Morgan fingerprint density at radius 3 is 2.67 bits per heavy atom. The number of halogens is 1. The van der Waals surface area contributed by atoms with Gasteiger partial charge in [-0.05, 0) is 44.4 Å². The Morgan fingerprint density at radius 2 is 2.00 bits per heavy atom. The van der Waals surface area contributed by atoms with Crippen LogP contribution in [0.5, 0.6) is 0 Å². The third kappa shape index (κ3) is 3.41. The third-order valence-electron chi connectivity index (χ3n) is 5.66. The van der Waals surface area contributed by atoms with Crippen LogP contribution in [0.2, 0.25) is 0 Å². The number of nitrogens with zero attached hydrogens (tertiary/aromatic N) is 2. The highest BCUT2D eigenvalue weighted by Crippen LogP contribution is 2.28. The van der Waals surface area contributed by atoms with E-state index in [0.717, 1.165) is 38.0 Å². The minimum absolute atomic E-state index is 0.177. The molecule has 24 heavy (non-hydrogen) atoms. The van der Waals surface area contributed by atoms with E-state index in [1.807, 2.05) is 11.8 Å². The molecule has 1 aliphatic heterocycles. The first-order chi connectivity index (χ1) is 11.5. The summed E-state index contributed by atoms with van der Waals surface area (Å²) in [5.74, 6) is 0.359. The van der Waals surface area contributed by atoms with Gasteiger partial charge < -0.3 is 10.6 Å². The van der Waals surface area contributed by atoms with Gasteiger partial charge in [-0.25, -0.2) is 4.39 Å². The Hall–Kier alpha value is -1.62. The van der Waals surface area contributed by atoms with Crippen molar-refractivity contribution in [2.75, 3.05) is 25.4 Å². The second kappa shape index (κ2) is 7.09. The standard InChI is InChI=1S/C19H28FN3O/c1-13-11-22(12-16-14(2)18(21)8-7-17(16)20)9-10-23(13)19(24)15-5-3-4-6-15/h7-8,13,15H,3-6,9-12,21H2,1-2H3/t13-/m0/s1. The first kappa shape index (κ1) is 17.2. The second-order valence-corrected chi connectivity index (χ2v) is 7.34. The highest BCUT2D eigenvalue weighted by Gasteiger charge is 2.33. The summed E-state index contributed by atoms with van der Waals surface area (Å²) in [6.07, 6.45) is 4.44. The van der Waals surface area contributed by atoms with Crippen molar-refractivity contribution in [2.45, 2.75) is 52.1 Å². The maximum absolute atomic E-state index is 14.1. The molecule has 0 aromatic heterocycles. The zero-order valence-corrected chi connectivity index (χ0v) is 14.7. The molecule has 132 valence electrons. The summed E-state index contributed by atoms with van der Waals surface area (Å²) in [6.45, 7) is 6.83. The number of hydrogen-bond donors (Lipinski definition) is 1. The molecule has 1 saturated carbocycles. The number of nitrogen functional groups attached to an aromatic ring is 1. The number of carbonyl (C=O) groups excluding carboxylic acids is 1. The lowest BCUT2D eigenvalue weighted by Crippen LogP contribution is -2.54. The van der Waals surface area contributed by atoms with Gasteiger partial charge in [0.25, 0.3) is 0 Å². The van der Waals surface area contributed by atoms with Crippen molar-refractivity contribution in [3.8, 4) is 0 Å². The Kier molecular flexibility index (Phi) is 5.09. The molecule has 1 heterocycles. The number of hydrogen-bond acceptors (Lipinski definition) is 3. The Morgan fingerprint density at radius 1 is 1.29 bits per heavy atom. The predicted molar refractivity (Wildman–Crippen MR) is 94.0 cm³/mol. The minimum atomic E-state index is -0.196. The summed E-state index contributed by atoms with van der Waals surface area (Å²) in [5, 5.41) is 0. The molecule has 1 aromatic rings. The first-order valence-corrected chi connectivity index (χ1v) is 9.03. The van der Waals surface area contributed by atoms with Crippen LogP contribution in [0.3, 0.4) is 0 Å². The molecule has 5 heteroatoms. The number of rotatable bonds is 3. The molecular formula is C19H28FN3O. The van der Waals surface area contributed by atoms with Gasteiger partial charge in [0.2, 0.25) is 5.91 Å². The van der Waals surface area contributed by atoms with Gasteiger partial charge in [-0.2, -0.15) is 0 Å². The molecule has 0 spiro atoms.